The SMILES string of the molecule is CN[C@@H](C)C(=O)Nc1ccc(COC(=O)N(C)Cc2ccccc2CC(=O)Nc2nc3c(ncn3[C@H]3CC[C@@H](CO[P+](=O)O[C@H]4C[C@H](Oc5ccncn5)C[C@@H]4COP(O)(O)=S)O3)c(=O)[nH]2)cc1. The summed E-state index contributed by atoms with van der Waals surface area (Å²) in [6, 6.07) is 15.3. The van der Waals surface area contributed by atoms with Crippen LogP contribution in [0.25, 0.3) is 11.2 Å². The molecular formula is C42H51N10O13P2S+. The number of ether oxygens (including phenoxy) is 3. The van der Waals surface area contributed by atoms with Crippen molar-refractivity contribution in [3.05, 3.63) is 100 Å². The van der Waals surface area contributed by atoms with Crippen LogP contribution in [0.15, 0.2) is 78.2 Å². The van der Waals surface area contributed by atoms with Gasteiger partial charge in [0.1, 0.15) is 38.0 Å². The summed E-state index contributed by atoms with van der Waals surface area (Å²) in [5.41, 5.74) is 2.27. The molecule has 0 radical (unpaired) electrons. The van der Waals surface area contributed by atoms with E-state index in [9.17, 15) is 33.5 Å². The predicted molar refractivity (Wildman–Crippen MR) is 248 cm³/mol. The summed E-state index contributed by atoms with van der Waals surface area (Å²) in [7, 11) is 0.620. The highest BCUT2D eigenvalue weighted by atomic mass is 32.5. The number of rotatable bonds is 21. The van der Waals surface area contributed by atoms with E-state index in [1.165, 1.54) is 23.8 Å². The average molecular weight is 998 g/mol. The molecule has 0 bridgehead atoms. The van der Waals surface area contributed by atoms with Crippen molar-refractivity contribution >= 4 is 67.5 Å². The van der Waals surface area contributed by atoms with E-state index in [0.717, 1.165) is 5.56 Å². The quantitative estimate of drug-likeness (QED) is 0.0561. The number of imidazole rings is 1. The van der Waals surface area contributed by atoms with Crippen molar-refractivity contribution in [1.82, 2.24) is 39.7 Å². The van der Waals surface area contributed by atoms with Crippen LogP contribution in [0.4, 0.5) is 16.4 Å². The van der Waals surface area contributed by atoms with E-state index in [1.807, 2.05) is 0 Å². The number of aromatic nitrogens is 6. The van der Waals surface area contributed by atoms with E-state index in [2.05, 4.69) is 52.7 Å². The van der Waals surface area contributed by atoms with Crippen molar-refractivity contribution in [1.29, 1.82) is 0 Å². The van der Waals surface area contributed by atoms with Crippen LogP contribution in [0.1, 0.15) is 55.5 Å². The summed E-state index contributed by atoms with van der Waals surface area (Å²) in [5.74, 6) is -0.881. The Hall–Kier alpha value is -5.65. The molecular weight excluding hydrogens is 947 g/mol. The van der Waals surface area contributed by atoms with Gasteiger partial charge in [0.15, 0.2) is 11.2 Å². The second kappa shape index (κ2) is 23.1. The van der Waals surface area contributed by atoms with Crippen LogP contribution in [0, 0.1) is 5.92 Å². The lowest BCUT2D eigenvalue weighted by Gasteiger charge is -2.19. The number of aromatic amines is 1. The monoisotopic (exact) mass is 997 g/mol. The van der Waals surface area contributed by atoms with Gasteiger partial charge in [0, 0.05) is 48.4 Å². The Labute approximate surface area is 395 Å². The van der Waals surface area contributed by atoms with Gasteiger partial charge in [0.25, 0.3) is 5.56 Å². The topological polar surface area (TPSA) is 293 Å². The predicted octanol–water partition coefficient (Wildman–Crippen LogP) is 4.23. The molecule has 4 heterocycles. The van der Waals surface area contributed by atoms with Crippen LogP contribution >= 0.6 is 15.0 Å². The molecule has 7 atom stereocenters. The molecule has 3 amide bonds. The minimum Gasteiger partial charge on any atom is -0.474 e. The average Bonchev–Trinajstić information content (AvgIpc) is 4.06. The normalized spacial score (nSPS) is 19.9. The number of carbonyl (C=O) groups is 3. The van der Waals surface area contributed by atoms with Gasteiger partial charge in [-0.1, -0.05) is 36.4 Å². The first-order valence-electron chi connectivity index (χ1n) is 21.4. The molecule has 26 heteroatoms. The number of benzene rings is 2. The van der Waals surface area contributed by atoms with E-state index in [4.69, 9.17) is 27.8 Å². The zero-order valence-electron chi connectivity index (χ0n) is 37.1. The Morgan fingerprint density at radius 1 is 1.06 bits per heavy atom. The van der Waals surface area contributed by atoms with Crippen molar-refractivity contribution in [3.8, 4) is 5.88 Å². The highest BCUT2D eigenvalue weighted by Crippen LogP contribution is 2.43. The van der Waals surface area contributed by atoms with Crippen LogP contribution in [-0.2, 0) is 68.6 Å². The Morgan fingerprint density at radius 3 is 2.57 bits per heavy atom. The lowest BCUT2D eigenvalue weighted by atomic mass is 10.0. The van der Waals surface area contributed by atoms with Gasteiger partial charge in [0.2, 0.25) is 23.6 Å². The number of nitrogens with zero attached hydrogens (tertiary/aromatic N) is 6. The smallest absolute Gasteiger partial charge is 0.474 e. The summed E-state index contributed by atoms with van der Waals surface area (Å²) in [4.78, 5) is 91.4. The molecule has 362 valence electrons. The second-order valence-electron chi connectivity index (χ2n) is 16.1. The number of fused-ring (bicyclic) bond motifs is 1. The first kappa shape index (κ1) is 50.2. The molecule has 6 N–H and O–H groups in total. The fourth-order valence-electron chi connectivity index (χ4n) is 7.52. The summed E-state index contributed by atoms with van der Waals surface area (Å²) in [5, 5.41) is 8.35. The maximum Gasteiger partial charge on any atom is 0.697 e. The van der Waals surface area contributed by atoms with Gasteiger partial charge >= 0.3 is 21.1 Å². The van der Waals surface area contributed by atoms with Crippen molar-refractivity contribution in [3.63, 3.8) is 0 Å². The first-order chi connectivity index (χ1) is 32.6. The Bertz CT molecular complexity index is 2680. The summed E-state index contributed by atoms with van der Waals surface area (Å²) < 4.78 is 48.7. The number of hydrogen-bond donors (Lipinski definition) is 6. The van der Waals surface area contributed by atoms with Gasteiger partial charge in [-0.3, -0.25) is 29.3 Å². The molecule has 7 rings (SSSR count). The molecule has 1 saturated carbocycles. The molecule has 5 aromatic rings. The number of H-pyrrole nitrogens is 1. The van der Waals surface area contributed by atoms with Crippen molar-refractivity contribution < 1.29 is 56.5 Å². The number of anilines is 2. The van der Waals surface area contributed by atoms with E-state index >= 15 is 0 Å². The van der Waals surface area contributed by atoms with Crippen LogP contribution in [0.3, 0.4) is 0 Å². The minimum absolute atomic E-state index is 0.00459. The molecule has 1 aliphatic carbocycles. The fraction of sp³-hybridized carbons (Fsp3) is 0.429. The van der Waals surface area contributed by atoms with Crippen molar-refractivity contribution in [2.45, 2.75) is 82.8 Å². The molecule has 68 heavy (non-hydrogen) atoms. The van der Waals surface area contributed by atoms with Crippen LogP contribution in [0.5, 0.6) is 5.88 Å². The second-order valence-corrected chi connectivity index (χ2v) is 19.7. The zero-order valence-corrected chi connectivity index (χ0v) is 39.7. The highest BCUT2D eigenvalue weighted by Gasteiger charge is 2.44. The third kappa shape index (κ3) is 14.0. The highest BCUT2D eigenvalue weighted by molar-refractivity contribution is 8.06. The van der Waals surface area contributed by atoms with E-state index in [0.29, 0.717) is 42.0 Å². The van der Waals surface area contributed by atoms with Gasteiger partial charge in [-0.25, -0.2) is 19.7 Å². The van der Waals surface area contributed by atoms with E-state index in [-0.39, 0.29) is 68.3 Å². The fourth-order valence-corrected chi connectivity index (χ4v) is 8.92. The third-order valence-electron chi connectivity index (χ3n) is 11.2. The van der Waals surface area contributed by atoms with E-state index in [1.54, 1.807) is 80.2 Å². The molecule has 3 aromatic heterocycles. The third-order valence-corrected chi connectivity index (χ3v) is 12.8. The van der Waals surface area contributed by atoms with Gasteiger partial charge in [-0.05, 0) is 73.9 Å². The Balaban J connectivity index is 0.895. The largest absolute Gasteiger partial charge is 0.697 e. The van der Waals surface area contributed by atoms with Crippen LogP contribution < -0.4 is 26.2 Å². The molecule has 1 unspecified atom stereocenters. The number of amides is 3. The molecule has 23 nitrogen and oxygen atoms in total. The van der Waals surface area contributed by atoms with Gasteiger partial charge < -0.3 is 44.1 Å². The summed E-state index contributed by atoms with van der Waals surface area (Å²) in [6.07, 6.45) is 2.98. The van der Waals surface area contributed by atoms with Gasteiger partial charge in [-0.15, -0.1) is 9.05 Å². The molecule has 1 saturated heterocycles. The lowest BCUT2D eigenvalue weighted by molar-refractivity contribution is -0.117. The first-order valence-corrected chi connectivity index (χ1v) is 25.2. The number of carbonyl (C=O) groups excluding carboxylic acids is 3. The Kier molecular flexibility index (Phi) is 17.1. The maximum absolute atomic E-state index is 13.4. The number of nitrogens with one attached hydrogen (secondary N) is 4. The van der Waals surface area contributed by atoms with Crippen LogP contribution in [-0.4, -0.2) is 114 Å². The van der Waals surface area contributed by atoms with Gasteiger partial charge in [-0.2, -0.15) is 4.98 Å². The van der Waals surface area contributed by atoms with Gasteiger partial charge in [0.05, 0.1) is 31.5 Å². The number of hydrogen-bond acceptors (Lipinski definition) is 17. The zero-order chi connectivity index (χ0) is 48.4. The minimum atomic E-state index is -3.95. The molecule has 2 fully saturated rings. The lowest BCUT2D eigenvalue weighted by Crippen LogP contribution is -2.35. The molecule has 2 aromatic carbocycles. The summed E-state index contributed by atoms with van der Waals surface area (Å²) in [6.45, 7) is -2.32. The molecule has 1 aliphatic heterocycles. The summed E-state index contributed by atoms with van der Waals surface area (Å²) >= 11 is 4.60. The van der Waals surface area contributed by atoms with Crippen molar-refractivity contribution in [2.75, 3.05) is 37.9 Å². The Morgan fingerprint density at radius 2 is 1.84 bits per heavy atom. The number of likely N-dealkylation sites (N-methyl/N-ethyl adjacent to an activating group) is 1. The van der Waals surface area contributed by atoms with Crippen molar-refractivity contribution in [2.24, 2.45) is 5.92 Å². The molecule has 0 spiro atoms. The standard InChI is InChI=1S/C42H50N10O13P2S/c1-25(43-2)39(54)47-30-10-8-26(9-11-30)20-60-42(56)51(3)19-28-7-5-4-6-27(28)17-34(53)48-41-49-38-37(40(55)50-41)46-24-52(38)36-13-12-31(64-36)22-61-66(57)65-33-18-32(63-35-14-15-44-23-45-35)16-29(33)21-62-67(58,59)68/h4-11,14-15,23-25,29,31-33,36,43H,12-13,16-22H2,1-3H3,(H4-,47,48,49,50,53,54,55,58,59,68)/p+1/t25-,29+,31-,32+,33-,36+/m0/s1. The maximum atomic E-state index is 13.4. The molecule has 2 aliphatic rings. The van der Waals surface area contributed by atoms with E-state index < -0.39 is 63.0 Å². The van der Waals surface area contributed by atoms with Crippen LogP contribution in [0.2, 0.25) is 0 Å².